The lowest BCUT2D eigenvalue weighted by molar-refractivity contribution is 0.658. The van der Waals surface area contributed by atoms with E-state index in [1.54, 1.807) is 11.8 Å². The molecule has 0 bridgehead atoms. The van der Waals surface area contributed by atoms with Gasteiger partial charge < -0.3 is 5.32 Å². The Balaban J connectivity index is 2.03. The van der Waals surface area contributed by atoms with Gasteiger partial charge in [-0.25, -0.2) is 0 Å². The van der Waals surface area contributed by atoms with Crippen LogP contribution in [0.1, 0.15) is 25.5 Å². The van der Waals surface area contributed by atoms with Gasteiger partial charge in [0.15, 0.2) is 0 Å². The van der Waals surface area contributed by atoms with Crippen LogP contribution in [0.25, 0.3) is 0 Å². The van der Waals surface area contributed by atoms with Gasteiger partial charge in [0.1, 0.15) is 0 Å². The fraction of sp³-hybridized carbons (Fsp3) is 0.357. The van der Waals surface area contributed by atoms with Gasteiger partial charge in [0.25, 0.3) is 0 Å². The molecule has 1 aromatic carbocycles. The lowest BCUT2D eigenvalue weighted by Gasteiger charge is -2.13. The molecule has 18 heavy (non-hydrogen) atoms. The van der Waals surface area contributed by atoms with Crippen molar-refractivity contribution in [1.29, 1.82) is 0 Å². The molecule has 1 aromatic heterocycles. The number of hydrogen-bond acceptors (Lipinski definition) is 3. The molecule has 3 nitrogen and oxygen atoms in total. The van der Waals surface area contributed by atoms with Crippen LogP contribution in [0, 0.1) is 0 Å². The Morgan fingerprint density at radius 1 is 1.33 bits per heavy atom. The molecule has 0 aliphatic carbocycles. The minimum absolute atomic E-state index is 0.269. The van der Waals surface area contributed by atoms with Crippen molar-refractivity contribution < 1.29 is 0 Å². The van der Waals surface area contributed by atoms with Crippen LogP contribution in [0.4, 0.5) is 5.69 Å². The van der Waals surface area contributed by atoms with Gasteiger partial charge in [-0.1, -0.05) is 0 Å². The maximum atomic E-state index is 4.30. The summed E-state index contributed by atoms with van der Waals surface area (Å²) in [5.74, 6) is 0. The second-order valence-corrected chi connectivity index (χ2v) is 5.10. The summed E-state index contributed by atoms with van der Waals surface area (Å²) in [5.41, 5.74) is 2.36. The quantitative estimate of drug-likeness (QED) is 0.830. The average Bonchev–Trinajstić information content (AvgIpc) is 2.88. The van der Waals surface area contributed by atoms with E-state index in [9.17, 15) is 0 Å². The summed E-state index contributed by atoms with van der Waals surface area (Å²) in [4.78, 5) is 1.28. The molecule has 0 spiro atoms. The first-order valence-electron chi connectivity index (χ1n) is 6.16. The lowest BCUT2D eigenvalue weighted by Crippen LogP contribution is -2.05. The zero-order valence-corrected chi connectivity index (χ0v) is 11.9. The molecule has 0 radical (unpaired) electrons. The molecule has 2 rings (SSSR count). The minimum atomic E-state index is 0.269. The van der Waals surface area contributed by atoms with Crippen molar-refractivity contribution in [3.63, 3.8) is 0 Å². The van der Waals surface area contributed by atoms with Crippen LogP contribution in [-0.4, -0.2) is 16.0 Å². The fourth-order valence-electron chi connectivity index (χ4n) is 1.80. The van der Waals surface area contributed by atoms with E-state index >= 15 is 0 Å². The minimum Gasteiger partial charge on any atom is -0.378 e. The van der Waals surface area contributed by atoms with Gasteiger partial charge in [-0.2, -0.15) is 5.10 Å². The van der Waals surface area contributed by atoms with E-state index in [4.69, 9.17) is 0 Å². The van der Waals surface area contributed by atoms with Crippen molar-refractivity contribution in [2.45, 2.75) is 31.3 Å². The first kappa shape index (κ1) is 13.0. The van der Waals surface area contributed by atoms with Crippen LogP contribution >= 0.6 is 11.8 Å². The van der Waals surface area contributed by atoms with Gasteiger partial charge in [0.2, 0.25) is 0 Å². The number of aromatic nitrogens is 2. The summed E-state index contributed by atoms with van der Waals surface area (Å²) in [6.45, 7) is 5.16. The first-order valence-corrected chi connectivity index (χ1v) is 7.38. The molecule has 1 heterocycles. The molecule has 0 amide bonds. The standard InChI is InChI=1S/C14H19N3S/c1-4-17-10-12(9-15-17)11(2)16-13-5-7-14(18-3)8-6-13/h5-11,16H,4H2,1-3H3. The monoisotopic (exact) mass is 261 g/mol. The molecule has 0 fully saturated rings. The van der Waals surface area contributed by atoms with E-state index in [-0.39, 0.29) is 6.04 Å². The third kappa shape index (κ3) is 3.07. The van der Waals surface area contributed by atoms with E-state index in [0.29, 0.717) is 0 Å². The summed E-state index contributed by atoms with van der Waals surface area (Å²) < 4.78 is 1.95. The molecule has 0 aliphatic rings. The summed E-state index contributed by atoms with van der Waals surface area (Å²) in [7, 11) is 0. The Morgan fingerprint density at radius 3 is 2.61 bits per heavy atom. The predicted octanol–water partition coefficient (Wildman–Crippen LogP) is 3.80. The third-order valence-corrected chi connectivity index (χ3v) is 3.69. The van der Waals surface area contributed by atoms with Crippen molar-refractivity contribution in [3.05, 3.63) is 42.2 Å². The molecule has 2 aromatic rings. The van der Waals surface area contributed by atoms with Gasteiger partial charge in [-0.05, 0) is 44.4 Å². The molecule has 4 heteroatoms. The maximum Gasteiger partial charge on any atom is 0.0542 e. The molecular formula is C14H19N3S. The average molecular weight is 261 g/mol. The Kier molecular flexibility index (Phi) is 4.31. The zero-order valence-electron chi connectivity index (χ0n) is 11.1. The van der Waals surface area contributed by atoms with Gasteiger partial charge in [-0.15, -0.1) is 11.8 Å². The van der Waals surface area contributed by atoms with Crippen LogP contribution in [0.5, 0.6) is 0 Å². The van der Waals surface area contributed by atoms with E-state index in [0.717, 1.165) is 12.2 Å². The zero-order chi connectivity index (χ0) is 13.0. The molecule has 1 unspecified atom stereocenters. The van der Waals surface area contributed by atoms with Gasteiger partial charge in [0.05, 0.1) is 12.2 Å². The molecule has 0 saturated heterocycles. The second-order valence-electron chi connectivity index (χ2n) is 4.22. The number of rotatable bonds is 5. The molecule has 96 valence electrons. The normalized spacial score (nSPS) is 12.4. The number of anilines is 1. The number of nitrogens with zero attached hydrogens (tertiary/aromatic N) is 2. The van der Waals surface area contributed by atoms with Crippen molar-refractivity contribution in [1.82, 2.24) is 9.78 Å². The summed E-state index contributed by atoms with van der Waals surface area (Å²) in [6.07, 6.45) is 6.11. The fourth-order valence-corrected chi connectivity index (χ4v) is 2.20. The summed E-state index contributed by atoms with van der Waals surface area (Å²) in [6, 6.07) is 8.77. The Labute approximate surface area is 113 Å². The van der Waals surface area contributed by atoms with E-state index < -0.39 is 0 Å². The smallest absolute Gasteiger partial charge is 0.0542 e. The number of aryl methyl sites for hydroxylation is 1. The van der Waals surface area contributed by atoms with E-state index in [2.05, 4.69) is 61.0 Å². The topological polar surface area (TPSA) is 29.9 Å². The number of benzene rings is 1. The van der Waals surface area contributed by atoms with Crippen LogP contribution in [0.2, 0.25) is 0 Å². The first-order chi connectivity index (χ1) is 8.72. The Bertz CT molecular complexity index is 490. The molecule has 0 saturated carbocycles. The van der Waals surface area contributed by atoms with E-state index in [1.165, 1.54) is 10.5 Å². The summed E-state index contributed by atoms with van der Waals surface area (Å²) in [5, 5.41) is 7.78. The number of nitrogens with one attached hydrogen (secondary N) is 1. The Hall–Kier alpha value is -1.42. The molecular weight excluding hydrogens is 242 g/mol. The van der Waals surface area contributed by atoms with Crippen molar-refractivity contribution >= 4 is 17.4 Å². The summed E-state index contributed by atoms with van der Waals surface area (Å²) >= 11 is 1.76. The van der Waals surface area contributed by atoms with Crippen molar-refractivity contribution in [3.8, 4) is 0 Å². The van der Waals surface area contributed by atoms with Crippen LogP contribution in [-0.2, 0) is 6.54 Å². The molecule has 0 aliphatic heterocycles. The van der Waals surface area contributed by atoms with E-state index in [1.807, 2.05) is 10.9 Å². The lowest BCUT2D eigenvalue weighted by atomic mass is 10.2. The highest BCUT2D eigenvalue weighted by molar-refractivity contribution is 7.98. The molecule has 1 atom stereocenters. The van der Waals surface area contributed by atoms with Crippen LogP contribution < -0.4 is 5.32 Å². The van der Waals surface area contributed by atoms with Gasteiger partial charge in [-0.3, -0.25) is 4.68 Å². The third-order valence-electron chi connectivity index (χ3n) is 2.95. The highest BCUT2D eigenvalue weighted by Crippen LogP contribution is 2.21. The second kappa shape index (κ2) is 5.96. The SMILES string of the molecule is CCn1cc(C(C)Nc2ccc(SC)cc2)cn1. The largest absolute Gasteiger partial charge is 0.378 e. The van der Waals surface area contributed by atoms with Crippen molar-refractivity contribution in [2.75, 3.05) is 11.6 Å². The Morgan fingerprint density at radius 2 is 2.06 bits per heavy atom. The van der Waals surface area contributed by atoms with Gasteiger partial charge in [0, 0.05) is 28.9 Å². The maximum absolute atomic E-state index is 4.30. The van der Waals surface area contributed by atoms with Crippen LogP contribution in [0.15, 0.2) is 41.6 Å². The predicted molar refractivity (Wildman–Crippen MR) is 78.2 cm³/mol. The van der Waals surface area contributed by atoms with Crippen molar-refractivity contribution in [2.24, 2.45) is 0 Å². The number of thioether (sulfide) groups is 1. The molecule has 1 N–H and O–H groups in total. The van der Waals surface area contributed by atoms with Crippen LogP contribution in [0.3, 0.4) is 0 Å². The number of hydrogen-bond donors (Lipinski definition) is 1. The highest BCUT2D eigenvalue weighted by atomic mass is 32.2. The van der Waals surface area contributed by atoms with Gasteiger partial charge >= 0.3 is 0 Å². The highest BCUT2D eigenvalue weighted by Gasteiger charge is 2.07.